The minimum absolute atomic E-state index is 0.00955. The van der Waals surface area contributed by atoms with E-state index in [9.17, 15) is 15.0 Å². The molecule has 36 heavy (non-hydrogen) atoms. The molecule has 0 bridgehead atoms. The largest absolute Gasteiger partial charge is 0.506 e. The van der Waals surface area contributed by atoms with Crippen molar-refractivity contribution in [3.8, 4) is 23.0 Å². The van der Waals surface area contributed by atoms with Gasteiger partial charge in [0.15, 0.2) is 16.7 Å². The molecule has 0 atom stereocenters. The predicted octanol–water partition coefficient (Wildman–Crippen LogP) is 5.74. The lowest BCUT2D eigenvalue weighted by atomic mass is 10.2. The standard InChI is InChI=1S/C24H19Br2N3O6S/c1-33-18-6-13(7-19(34-2)22(18)31)11-27-28-24-29(12-16-4-3-5-35-16)23(32)20(36-24)9-14-8-15(25)10-17(26)21(14)30/h3-11,30-31H,12H2,1-2H3/b20-9-,27-11-,28-24+. The number of amides is 1. The zero-order valence-corrected chi connectivity index (χ0v) is 22.9. The number of halogens is 2. The first-order chi connectivity index (χ1) is 17.3. The van der Waals surface area contributed by atoms with Crippen LogP contribution in [0.25, 0.3) is 6.08 Å². The average molecular weight is 637 g/mol. The second-order valence-corrected chi connectivity index (χ2v) is 10.1. The molecule has 12 heteroatoms. The number of hydrogen-bond donors (Lipinski definition) is 2. The normalized spacial score (nSPS) is 16.0. The van der Waals surface area contributed by atoms with Crippen LogP contribution in [0.15, 0.2) is 71.1 Å². The molecule has 2 aromatic carbocycles. The molecular formula is C24H19Br2N3O6S. The number of ether oxygens (including phenoxy) is 2. The first kappa shape index (κ1) is 25.9. The van der Waals surface area contributed by atoms with E-state index in [1.807, 2.05) is 0 Å². The number of rotatable bonds is 7. The molecule has 2 N–H and O–H groups in total. The lowest BCUT2D eigenvalue weighted by molar-refractivity contribution is -0.122. The highest BCUT2D eigenvalue weighted by Gasteiger charge is 2.34. The molecule has 2 heterocycles. The van der Waals surface area contributed by atoms with Crippen LogP contribution in [-0.4, -0.2) is 46.6 Å². The predicted molar refractivity (Wildman–Crippen MR) is 145 cm³/mol. The maximum atomic E-state index is 13.3. The van der Waals surface area contributed by atoms with Crippen LogP contribution < -0.4 is 9.47 Å². The number of amidine groups is 1. The van der Waals surface area contributed by atoms with Gasteiger partial charge < -0.3 is 24.1 Å². The van der Waals surface area contributed by atoms with Gasteiger partial charge in [0.2, 0.25) is 5.75 Å². The quantitative estimate of drug-likeness (QED) is 0.193. The Morgan fingerprint density at radius 3 is 2.47 bits per heavy atom. The Balaban J connectivity index is 1.68. The van der Waals surface area contributed by atoms with Gasteiger partial charge in [-0.2, -0.15) is 5.10 Å². The number of phenolic OH excluding ortho intramolecular Hbond substituents is 2. The minimum atomic E-state index is -0.311. The van der Waals surface area contributed by atoms with Gasteiger partial charge in [0.05, 0.1) is 42.6 Å². The van der Waals surface area contributed by atoms with Gasteiger partial charge in [-0.15, -0.1) is 5.10 Å². The van der Waals surface area contributed by atoms with Crippen LogP contribution in [0.4, 0.5) is 0 Å². The highest BCUT2D eigenvalue weighted by molar-refractivity contribution is 9.11. The van der Waals surface area contributed by atoms with Gasteiger partial charge in [0, 0.05) is 15.6 Å². The number of carbonyl (C=O) groups excluding carboxylic acids is 1. The fourth-order valence-corrected chi connectivity index (χ4v) is 5.43. The fourth-order valence-electron chi connectivity index (χ4n) is 3.25. The third kappa shape index (κ3) is 5.61. The number of methoxy groups -OCH3 is 2. The molecule has 1 amide bonds. The molecule has 1 aromatic heterocycles. The molecule has 1 aliphatic heterocycles. The lowest BCUT2D eigenvalue weighted by Gasteiger charge is -2.12. The Bertz CT molecular complexity index is 1360. The van der Waals surface area contributed by atoms with Crippen molar-refractivity contribution in [1.82, 2.24) is 4.90 Å². The van der Waals surface area contributed by atoms with Gasteiger partial charge in [-0.05, 0) is 70.2 Å². The van der Waals surface area contributed by atoms with Gasteiger partial charge in [0.25, 0.3) is 5.91 Å². The van der Waals surface area contributed by atoms with E-state index >= 15 is 0 Å². The molecular weight excluding hydrogens is 618 g/mol. The van der Waals surface area contributed by atoms with Gasteiger partial charge >= 0.3 is 0 Å². The van der Waals surface area contributed by atoms with Gasteiger partial charge in [-0.1, -0.05) is 15.9 Å². The van der Waals surface area contributed by atoms with Crippen LogP contribution in [-0.2, 0) is 11.3 Å². The number of furan rings is 1. The maximum absolute atomic E-state index is 13.3. The first-order valence-corrected chi connectivity index (χ1v) is 12.7. The maximum Gasteiger partial charge on any atom is 0.267 e. The molecule has 4 rings (SSSR count). The van der Waals surface area contributed by atoms with Crippen molar-refractivity contribution in [3.63, 3.8) is 0 Å². The van der Waals surface area contributed by atoms with Crippen molar-refractivity contribution >= 4 is 67.0 Å². The van der Waals surface area contributed by atoms with Crippen molar-refractivity contribution in [2.75, 3.05) is 14.2 Å². The van der Waals surface area contributed by atoms with Gasteiger partial charge in [-0.25, -0.2) is 0 Å². The zero-order chi connectivity index (χ0) is 25.8. The number of thioether (sulfide) groups is 1. The number of nitrogens with zero attached hydrogens (tertiary/aromatic N) is 3. The van der Waals surface area contributed by atoms with Crippen molar-refractivity contribution in [2.24, 2.45) is 10.2 Å². The highest BCUT2D eigenvalue weighted by Crippen LogP contribution is 2.39. The zero-order valence-electron chi connectivity index (χ0n) is 18.9. The van der Waals surface area contributed by atoms with Crippen LogP contribution in [0.5, 0.6) is 23.0 Å². The SMILES string of the molecule is COc1cc(/C=N\N=C2\S/C(=C\c3cc(Br)cc(Br)c3O)C(=O)N2Cc2ccco2)cc(OC)c1O. The summed E-state index contributed by atoms with van der Waals surface area (Å²) >= 11 is 7.82. The summed E-state index contributed by atoms with van der Waals surface area (Å²) < 4.78 is 17.0. The van der Waals surface area contributed by atoms with Crippen LogP contribution in [0.1, 0.15) is 16.9 Å². The summed E-state index contributed by atoms with van der Waals surface area (Å²) in [5.41, 5.74) is 1.02. The molecule has 186 valence electrons. The monoisotopic (exact) mass is 635 g/mol. The lowest BCUT2D eigenvalue weighted by Crippen LogP contribution is -2.28. The van der Waals surface area contributed by atoms with Crippen LogP contribution in [0.2, 0.25) is 0 Å². The van der Waals surface area contributed by atoms with Crippen molar-refractivity contribution < 1.29 is 28.9 Å². The molecule has 9 nitrogen and oxygen atoms in total. The van der Waals surface area contributed by atoms with E-state index in [4.69, 9.17) is 13.9 Å². The average Bonchev–Trinajstić information content (AvgIpc) is 3.47. The number of hydrogen-bond acceptors (Lipinski definition) is 9. The summed E-state index contributed by atoms with van der Waals surface area (Å²) in [7, 11) is 2.86. The molecule has 1 fully saturated rings. The molecule has 0 saturated carbocycles. The topological polar surface area (TPSA) is 117 Å². The second-order valence-electron chi connectivity index (χ2n) is 7.31. The molecule has 1 aliphatic rings. The molecule has 0 aliphatic carbocycles. The van der Waals surface area contributed by atoms with E-state index in [0.29, 0.717) is 31.4 Å². The van der Waals surface area contributed by atoms with E-state index in [-0.39, 0.29) is 35.4 Å². The highest BCUT2D eigenvalue weighted by atomic mass is 79.9. The third-order valence-electron chi connectivity index (χ3n) is 4.98. The summed E-state index contributed by atoms with van der Waals surface area (Å²) in [5, 5.41) is 29.2. The van der Waals surface area contributed by atoms with Crippen LogP contribution in [0, 0.1) is 0 Å². The summed E-state index contributed by atoms with van der Waals surface area (Å²) in [6, 6.07) is 10.1. The van der Waals surface area contributed by atoms with E-state index in [2.05, 4.69) is 42.1 Å². The Labute approximate surface area is 227 Å². The van der Waals surface area contributed by atoms with Gasteiger partial charge in [0.1, 0.15) is 11.5 Å². The Kier molecular flexibility index (Phi) is 8.07. The molecule has 3 aromatic rings. The first-order valence-electron chi connectivity index (χ1n) is 10.3. The molecule has 0 radical (unpaired) electrons. The fraction of sp³-hybridized carbons (Fsp3) is 0.125. The number of aromatic hydroxyl groups is 2. The van der Waals surface area contributed by atoms with Crippen molar-refractivity contribution in [3.05, 3.63) is 73.4 Å². The minimum Gasteiger partial charge on any atom is -0.506 e. The van der Waals surface area contributed by atoms with Crippen LogP contribution >= 0.6 is 43.6 Å². The van der Waals surface area contributed by atoms with E-state index < -0.39 is 0 Å². The number of phenols is 2. The summed E-state index contributed by atoms with van der Waals surface area (Å²) in [6.07, 6.45) is 4.57. The smallest absolute Gasteiger partial charge is 0.267 e. The molecule has 1 saturated heterocycles. The summed E-state index contributed by atoms with van der Waals surface area (Å²) in [6.45, 7) is 0.152. The Morgan fingerprint density at radius 1 is 1.11 bits per heavy atom. The number of benzene rings is 2. The number of carbonyl (C=O) groups is 1. The Hall–Kier alpha value is -3.22. The van der Waals surface area contributed by atoms with Crippen molar-refractivity contribution in [1.29, 1.82) is 0 Å². The summed E-state index contributed by atoms with van der Waals surface area (Å²) in [4.78, 5) is 15.1. The molecule has 0 spiro atoms. The van der Waals surface area contributed by atoms with E-state index in [1.165, 1.54) is 31.6 Å². The third-order valence-corrected chi connectivity index (χ3v) is 7.04. The summed E-state index contributed by atoms with van der Waals surface area (Å²) in [5.74, 6) is 0.589. The second kappa shape index (κ2) is 11.2. The molecule has 0 unspecified atom stereocenters. The van der Waals surface area contributed by atoms with Crippen LogP contribution in [0.3, 0.4) is 0 Å². The van der Waals surface area contributed by atoms with Crippen molar-refractivity contribution in [2.45, 2.75) is 6.54 Å². The Morgan fingerprint density at radius 2 is 1.83 bits per heavy atom. The van der Waals surface area contributed by atoms with Gasteiger partial charge in [-0.3, -0.25) is 9.69 Å². The van der Waals surface area contributed by atoms with E-state index in [1.54, 1.807) is 42.5 Å². The van der Waals surface area contributed by atoms with E-state index in [0.717, 1.165) is 16.2 Å².